The Hall–Kier alpha value is -2.40. The molecule has 1 saturated heterocycles. The molecule has 1 aliphatic heterocycles. The number of aromatic nitrogens is 1. The summed E-state index contributed by atoms with van der Waals surface area (Å²) in [6.45, 7) is 6.95. The van der Waals surface area contributed by atoms with Gasteiger partial charge in [0.15, 0.2) is 0 Å². The van der Waals surface area contributed by atoms with Gasteiger partial charge in [0.05, 0.1) is 0 Å². The summed E-state index contributed by atoms with van der Waals surface area (Å²) in [4.78, 5) is 18.8. The lowest BCUT2D eigenvalue weighted by Gasteiger charge is -2.30. The van der Waals surface area contributed by atoms with Gasteiger partial charge in [0.25, 0.3) is 5.91 Å². The number of hydrogen-bond donors (Lipinski definition) is 1. The first-order valence-electron chi connectivity index (χ1n) is 9.83. The molecule has 1 amide bonds. The maximum atomic E-state index is 12.3. The van der Waals surface area contributed by atoms with Crippen molar-refractivity contribution in [2.75, 3.05) is 26.2 Å². The van der Waals surface area contributed by atoms with E-state index in [9.17, 15) is 4.79 Å². The minimum Gasteiger partial charge on any atom is -0.489 e. The van der Waals surface area contributed by atoms with Crippen molar-refractivity contribution in [3.05, 3.63) is 59.9 Å². The van der Waals surface area contributed by atoms with Crippen molar-refractivity contribution >= 4 is 5.91 Å². The molecule has 2 aromatic rings. The fourth-order valence-electron chi connectivity index (χ4n) is 3.25. The van der Waals surface area contributed by atoms with Gasteiger partial charge < -0.3 is 15.0 Å². The maximum absolute atomic E-state index is 12.3. The topological polar surface area (TPSA) is 54.5 Å². The highest BCUT2D eigenvalue weighted by Gasteiger charge is 2.15. The second-order valence-corrected chi connectivity index (χ2v) is 7.31. The van der Waals surface area contributed by atoms with Gasteiger partial charge in [0.2, 0.25) is 0 Å². The van der Waals surface area contributed by atoms with E-state index in [0.29, 0.717) is 18.7 Å². The molecular weight excluding hydrogens is 338 g/mol. The number of carbonyl (C=O) groups is 1. The van der Waals surface area contributed by atoms with Crippen LogP contribution in [-0.4, -0.2) is 42.0 Å². The van der Waals surface area contributed by atoms with Crippen LogP contribution in [0.3, 0.4) is 0 Å². The highest BCUT2D eigenvalue weighted by Crippen LogP contribution is 2.16. The molecule has 2 heterocycles. The van der Waals surface area contributed by atoms with E-state index < -0.39 is 0 Å². The van der Waals surface area contributed by atoms with Crippen LogP contribution in [0.15, 0.2) is 48.8 Å². The Morgan fingerprint density at radius 3 is 2.70 bits per heavy atom. The molecule has 5 heteroatoms. The number of nitrogens with one attached hydrogen (secondary N) is 1. The fourth-order valence-corrected chi connectivity index (χ4v) is 3.25. The molecule has 0 atom stereocenters. The number of piperidine rings is 1. The molecule has 0 bridgehead atoms. The molecule has 1 N–H and O–H groups in total. The number of ether oxygens (including phenoxy) is 1. The standard InChI is InChI=1S/C22H29N3O2/c1-18-9-14-25(15-10-18)13-3-12-24-22(26)20-5-7-21(8-6-20)27-17-19-4-2-11-23-16-19/h2,4-8,11,16,18H,3,9-10,12-15,17H2,1H3,(H,24,26). The number of benzene rings is 1. The quantitative estimate of drug-likeness (QED) is 0.726. The highest BCUT2D eigenvalue weighted by atomic mass is 16.5. The summed E-state index contributed by atoms with van der Waals surface area (Å²) in [6.07, 6.45) is 7.10. The van der Waals surface area contributed by atoms with Crippen LogP contribution in [0.1, 0.15) is 42.1 Å². The van der Waals surface area contributed by atoms with Gasteiger partial charge >= 0.3 is 0 Å². The molecule has 1 fully saturated rings. The van der Waals surface area contributed by atoms with Crippen molar-refractivity contribution in [1.82, 2.24) is 15.2 Å². The zero-order valence-electron chi connectivity index (χ0n) is 16.1. The third-order valence-corrected chi connectivity index (χ3v) is 5.06. The van der Waals surface area contributed by atoms with Crippen LogP contribution in [0.5, 0.6) is 5.75 Å². The van der Waals surface area contributed by atoms with Crippen LogP contribution in [0.4, 0.5) is 0 Å². The van der Waals surface area contributed by atoms with Crippen molar-refractivity contribution in [3.63, 3.8) is 0 Å². The zero-order valence-corrected chi connectivity index (χ0v) is 16.1. The van der Waals surface area contributed by atoms with Crippen molar-refractivity contribution < 1.29 is 9.53 Å². The van der Waals surface area contributed by atoms with Gasteiger partial charge in [0.1, 0.15) is 12.4 Å². The lowest BCUT2D eigenvalue weighted by atomic mass is 9.99. The molecule has 5 nitrogen and oxygen atoms in total. The third-order valence-electron chi connectivity index (χ3n) is 5.06. The lowest BCUT2D eigenvalue weighted by Crippen LogP contribution is -2.35. The van der Waals surface area contributed by atoms with Gasteiger partial charge in [-0.05, 0) is 75.1 Å². The van der Waals surface area contributed by atoms with Gasteiger partial charge in [-0.3, -0.25) is 9.78 Å². The van der Waals surface area contributed by atoms with Crippen molar-refractivity contribution in [2.24, 2.45) is 5.92 Å². The van der Waals surface area contributed by atoms with Crippen LogP contribution >= 0.6 is 0 Å². The number of hydrogen-bond acceptors (Lipinski definition) is 4. The van der Waals surface area contributed by atoms with Crippen LogP contribution in [0.2, 0.25) is 0 Å². The van der Waals surface area contributed by atoms with E-state index in [0.717, 1.165) is 30.2 Å². The van der Waals surface area contributed by atoms with Crippen molar-refractivity contribution in [2.45, 2.75) is 32.8 Å². The van der Waals surface area contributed by atoms with E-state index in [1.54, 1.807) is 24.5 Å². The first kappa shape index (κ1) is 19.4. The lowest BCUT2D eigenvalue weighted by molar-refractivity contribution is 0.0950. The molecule has 0 spiro atoms. The molecule has 27 heavy (non-hydrogen) atoms. The SMILES string of the molecule is CC1CCN(CCCNC(=O)c2ccc(OCc3cccnc3)cc2)CC1. The van der Waals surface area contributed by atoms with E-state index in [1.807, 2.05) is 24.3 Å². The number of carbonyl (C=O) groups excluding carboxylic acids is 1. The van der Waals surface area contributed by atoms with Crippen molar-refractivity contribution in [1.29, 1.82) is 0 Å². The first-order chi connectivity index (χ1) is 13.2. The Kier molecular flexibility index (Phi) is 7.22. The van der Waals surface area contributed by atoms with E-state index in [2.05, 4.69) is 22.1 Å². The summed E-state index contributed by atoms with van der Waals surface area (Å²) in [7, 11) is 0. The number of rotatable bonds is 8. The predicted octanol–water partition coefficient (Wildman–Crippen LogP) is 3.51. The number of pyridine rings is 1. The molecule has 0 aliphatic carbocycles. The number of nitrogens with zero attached hydrogens (tertiary/aromatic N) is 2. The molecule has 3 rings (SSSR count). The van der Waals surface area contributed by atoms with Crippen molar-refractivity contribution in [3.8, 4) is 5.75 Å². The molecule has 1 aliphatic rings. The second kappa shape index (κ2) is 10.1. The van der Waals surface area contributed by atoms with Crippen LogP contribution in [0, 0.1) is 5.92 Å². The largest absolute Gasteiger partial charge is 0.489 e. The summed E-state index contributed by atoms with van der Waals surface area (Å²) in [5, 5.41) is 3.01. The zero-order chi connectivity index (χ0) is 18.9. The van der Waals surface area contributed by atoms with Crippen LogP contribution in [-0.2, 0) is 6.61 Å². The number of amides is 1. The van der Waals surface area contributed by atoms with Gasteiger partial charge in [0, 0.05) is 30.1 Å². The first-order valence-corrected chi connectivity index (χ1v) is 9.83. The van der Waals surface area contributed by atoms with Crippen LogP contribution < -0.4 is 10.1 Å². The van der Waals surface area contributed by atoms with Gasteiger partial charge in [-0.2, -0.15) is 0 Å². The van der Waals surface area contributed by atoms with Crippen LogP contribution in [0.25, 0.3) is 0 Å². The summed E-state index contributed by atoms with van der Waals surface area (Å²) in [6, 6.07) is 11.1. The second-order valence-electron chi connectivity index (χ2n) is 7.31. The van der Waals surface area contributed by atoms with E-state index in [-0.39, 0.29) is 5.91 Å². The minimum atomic E-state index is -0.0268. The predicted molar refractivity (Wildman–Crippen MR) is 107 cm³/mol. The van der Waals surface area contributed by atoms with Gasteiger partial charge in [-0.15, -0.1) is 0 Å². The summed E-state index contributed by atoms with van der Waals surface area (Å²) < 4.78 is 5.72. The Balaban J connectivity index is 1.36. The summed E-state index contributed by atoms with van der Waals surface area (Å²) >= 11 is 0. The Morgan fingerprint density at radius 2 is 2.00 bits per heavy atom. The monoisotopic (exact) mass is 367 g/mol. The van der Waals surface area contributed by atoms with E-state index in [1.165, 1.54) is 25.9 Å². The Bertz CT molecular complexity index is 695. The average molecular weight is 367 g/mol. The molecule has 144 valence electrons. The molecule has 1 aromatic heterocycles. The molecule has 1 aromatic carbocycles. The molecule has 0 radical (unpaired) electrons. The average Bonchev–Trinajstić information content (AvgIpc) is 2.72. The maximum Gasteiger partial charge on any atom is 0.251 e. The Labute approximate surface area is 161 Å². The summed E-state index contributed by atoms with van der Waals surface area (Å²) in [5.41, 5.74) is 1.68. The molecule has 0 unspecified atom stereocenters. The molecular formula is C22H29N3O2. The van der Waals surface area contributed by atoms with E-state index >= 15 is 0 Å². The Morgan fingerprint density at radius 1 is 1.22 bits per heavy atom. The highest BCUT2D eigenvalue weighted by molar-refractivity contribution is 5.94. The number of likely N-dealkylation sites (tertiary alicyclic amines) is 1. The fraction of sp³-hybridized carbons (Fsp3) is 0.455. The third kappa shape index (κ3) is 6.36. The summed E-state index contributed by atoms with van der Waals surface area (Å²) in [5.74, 6) is 1.58. The molecule has 0 saturated carbocycles. The minimum absolute atomic E-state index is 0.0268. The normalized spacial score (nSPS) is 15.4. The van der Waals surface area contributed by atoms with Gasteiger partial charge in [-0.1, -0.05) is 13.0 Å². The van der Waals surface area contributed by atoms with Gasteiger partial charge in [-0.25, -0.2) is 0 Å². The van der Waals surface area contributed by atoms with E-state index in [4.69, 9.17) is 4.74 Å². The smallest absolute Gasteiger partial charge is 0.251 e.